The summed E-state index contributed by atoms with van der Waals surface area (Å²) in [5.74, 6) is -0.355. The molecule has 2 aliphatic heterocycles. The highest BCUT2D eigenvalue weighted by atomic mass is 16.6. The Bertz CT molecular complexity index is 935. The normalized spacial score (nSPS) is 17.2. The number of nitro groups is 1. The molecule has 8 nitrogen and oxygen atoms in total. The molecule has 0 aliphatic carbocycles. The van der Waals surface area contributed by atoms with Crippen LogP contribution in [0.2, 0.25) is 0 Å². The molecular formula is C23H28N4O4. The van der Waals surface area contributed by atoms with Gasteiger partial charge in [-0.15, -0.1) is 0 Å². The van der Waals surface area contributed by atoms with E-state index in [9.17, 15) is 14.9 Å². The summed E-state index contributed by atoms with van der Waals surface area (Å²) >= 11 is 0. The van der Waals surface area contributed by atoms with E-state index in [1.807, 2.05) is 24.3 Å². The van der Waals surface area contributed by atoms with Gasteiger partial charge in [0.25, 0.3) is 11.6 Å². The lowest BCUT2D eigenvalue weighted by Gasteiger charge is -2.30. The number of nitrogens with one attached hydrogen (secondary N) is 1. The van der Waals surface area contributed by atoms with Crippen molar-refractivity contribution >= 4 is 28.7 Å². The summed E-state index contributed by atoms with van der Waals surface area (Å²) in [5.41, 5.74) is 2.47. The zero-order valence-electron chi connectivity index (χ0n) is 17.6. The number of hydrogen-bond donors (Lipinski definition) is 1. The number of anilines is 3. The van der Waals surface area contributed by atoms with Crippen molar-refractivity contribution in [2.75, 3.05) is 54.5 Å². The van der Waals surface area contributed by atoms with Crippen molar-refractivity contribution in [1.82, 2.24) is 0 Å². The van der Waals surface area contributed by atoms with Crippen LogP contribution in [0.1, 0.15) is 36.0 Å². The maximum atomic E-state index is 13.0. The molecule has 1 amide bonds. The van der Waals surface area contributed by atoms with Crippen LogP contribution >= 0.6 is 0 Å². The quantitative estimate of drug-likeness (QED) is 0.575. The molecule has 0 saturated carbocycles. The zero-order chi connectivity index (χ0) is 21.6. The van der Waals surface area contributed by atoms with Crippen LogP contribution in [-0.4, -0.2) is 50.2 Å². The summed E-state index contributed by atoms with van der Waals surface area (Å²) in [5, 5.41) is 14.7. The molecular weight excluding hydrogens is 396 g/mol. The predicted octanol–water partition coefficient (Wildman–Crippen LogP) is 4.06. The Hall–Kier alpha value is -3.13. The Morgan fingerprint density at radius 3 is 2.29 bits per heavy atom. The first-order valence-electron chi connectivity index (χ1n) is 10.9. The molecule has 1 N–H and O–H groups in total. The molecule has 0 radical (unpaired) electrons. The SMILES string of the molecule is O=C(Nc1ccccc1N1CCOCC1)c1ccc(N2CCCCCC2)c([N+](=O)[O-])c1. The van der Waals surface area contributed by atoms with Gasteiger partial charge in [0.2, 0.25) is 0 Å². The van der Waals surface area contributed by atoms with E-state index in [0.29, 0.717) is 24.6 Å². The van der Waals surface area contributed by atoms with E-state index < -0.39 is 4.92 Å². The number of benzene rings is 2. The molecule has 2 aromatic rings. The van der Waals surface area contributed by atoms with Gasteiger partial charge in [-0.3, -0.25) is 14.9 Å². The molecule has 2 aromatic carbocycles. The molecule has 0 bridgehead atoms. The third-order valence-electron chi connectivity index (χ3n) is 5.89. The topological polar surface area (TPSA) is 88.0 Å². The number of carbonyl (C=O) groups excluding carboxylic acids is 1. The number of nitro benzene ring substituents is 1. The lowest BCUT2D eigenvalue weighted by atomic mass is 10.1. The minimum Gasteiger partial charge on any atom is -0.378 e. The fraction of sp³-hybridized carbons (Fsp3) is 0.435. The largest absolute Gasteiger partial charge is 0.378 e. The molecule has 164 valence electrons. The van der Waals surface area contributed by atoms with Crippen molar-refractivity contribution in [2.45, 2.75) is 25.7 Å². The first-order valence-corrected chi connectivity index (χ1v) is 10.9. The Kier molecular flexibility index (Phi) is 6.66. The maximum absolute atomic E-state index is 13.0. The van der Waals surface area contributed by atoms with Crippen molar-refractivity contribution in [2.24, 2.45) is 0 Å². The van der Waals surface area contributed by atoms with Crippen LogP contribution in [0.15, 0.2) is 42.5 Å². The molecule has 2 aliphatic rings. The van der Waals surface area contributed by atoms with Gasteiger partial charge < -0.3 is 19.9 Å². The first kappa shape index (κ1) is 21.1. The van der Waals surface area contributed by atoms with E-state index in [1.165, 1.54) is 6.07 Å². The number of hydrogen-bond acceptors (Lipinski definition) is 6. The second-order valence-corrected chi connectivity index (χ2v) is 7.93. The summed E-state index contributed by atoms with van der Waals surface area (Å²) in [4.78, 5) is 28.6. The minimum atomic E-state index is -0.390. The summed E-state index contributed by atoms with van der Waals surface area (Å²) in [6.07, 6.45) is 4.34. The molecule has 0 aromatic heterocycles. The van der Waals surface area contributed by atoms with Gasteiger partial charge in [0, 0.05) is 37.8 Å². The van der Waals surface area contributed by atoms with E-state index in [1.54, 1.807) is 12.1 Å². The molecule has 0 atom stereocenters. The van der Waals surface area contributed by atoms with Crippen molar-refractivity contribution in [3.8, 4) is 0 Å². The third kappa shape index (κ3) is 4.96. The second kappa shape index (κ2) is 9.78. The predicted molar refractivity (Wildman–Crippen MR) is 121 cm³/mol. The average Bonchev–Trinajstić information content (AvgIpc) is 3.09. The van der Waals surface area contributed by atoms with E-state index >= 15 is 0 Å². The molecule has 31 heavy (non-hydrogen) atoms. The van der Waals surface area contributed by atoms with Crippen LogP contribution < -0.4 is 15.1 Å². The van der Waals surface area contributed by atoms with Gasteiger partial charge >= 0.3 is 0 Å². The Labute approximate surface area is 181 Å². The summed E-state index contributed by atoms with van der Waals surface area (Å²) in [7, 11) is 0. The van der Waals surface area contributed by atoms with Gasteiger partial charge in [0.1, 0.15) is 5.69 Å². The van der Waals surface area contributed by atoms with Gasteiger partial charge in [-0.2, -0.15) is 0 Å². The molecule has 4 rings (SSSR count). The van der Waals surface area contributed by atoms with Gasteiger partial charge in [0.05, 0.1) is 29.5 Å². The highest BCUT2D eigenvalue weighted by Gasteiger charge is 2.23. The number of para-hydroxylation sites is 2. The van der Waals surface area contributed by atoms with Gasteiger partial charge in [-0.05, 0) is 37.1 Å². The molecule has 8 heteroatoms. The molecule has 0 unspecified atom stereocenters. The highest BCUT2D eigenvalue weighted by Crippen LogP contribution is 2.32. The summed E-state index contributed by atoms with van der Waals surface area (Å²) in [6.45, 7) is 4.41. The number of ether oxygens (including phenoxy) is 1. The zero-order valence-corrected chi connectivity index (χ0v) is 17.6. The minimum absolute atomic E-state index is 0.0176. The number of rotatable bonds is 5. The monoisotopic (exact) mass is 424 g/mol. The molecule has 2 saturated heterocycles. The fourth-order valence-corrected chi connectivity index (χ4v) is 4.24. The van der Waals surface area contributed by atoms with E-state index in [2.05, 4.69) is 15.1 Å². The van der Waals surface area contributed by atoms with Crippen molar-refractivity contribution in [3.63, 3.8) is 0 Å². The number of carbonyl (C=O) groups is 1. The maximum Gasteiger partial charge on any atom is 0.293 e. The summed E-state index contributed by atoms with van der Waals surface area (Å²) < 4.78 is 5.42. The Balaban J connectivity index is 1.57. The number of nitrogens with zero attached hydrogens (tertiary/aromatic N) is 3. The van der Waals surface area contributed by atoms with Crippen LogP contribution in [0.25, 0.3) is 0 Å². The van der Waals surface area contributed by atoms with Crippen molar-refractivity contribution in [3.05, 3.63) is 58.1 Å². The van der Waals surface area contributed by atoms with Crippen LogP contribution in [0.5, 0.6) is 0 Å². The lowest BCUT2D eigenvalue weighted by molar-refractivity contribution is -0.384. The highest BCUT2D eigenvalue weighted by molar-refractivity contribution is 6.06. The Morgan fingerprint density at radius 2 is 1.58 bits per heavy atom. The smallest absolute Gasteiger partial charge is 0.293 e. The number of morpholine rings is 1. The van der Waals surface area contributed by atoms with Crippen LogP contribution in [-0.2, 0) is 4.74 Å². The van der Waals surface area contributed by atoms with Crippen molar-refractivity contribution in [1.29, 1.82) is 0 Å². The van der Waals surface area contributed by atoms with Crippen LogP contribution in [0.4, 0.5) is 22.7 Å². The molecule has 2 fully saturated rings. The van der Waals surface area contributed by atoms with Gasteiger partial charge in [-0.25, -0.2) is 0 Å². The van der Waals surface area contributed by atoms with Crippen LogP contribution in [0.3, 0.4) is 0 Å². The third-order valence-corrected chi connectivity index (χ3v) is 5.89. The molecule has 2 heterocycles. The fourth-order valence-electron chi connectivity index (χ4n) is 4.24. The van der Waals surface area contributed by atoms with Crippen molar-refractivity contribution < 1.29 is 14.5 Å². The Morgan fingerprint density at radius 1 is 0.903 bits per heavy atom. The molecule has 0 spiro atoms. The second-order valence-electron chi connectivity index (χ2n) is 7.93. The van der Waals surface area contributed by atoms with E-state index in [-0.39, 0.29) is 17.2 Å². The first-order chi connectivity index (χ1) is 15.1. The van der Waals surface area contributed by atoms with E-state index in [0.717, 1.165) is 57.5 Å². The standard InChI is InChI=1S/C23H28N4O4/c28-23(24-19-7-3-4-8-20(19)26-13-15-31-16-14-26)18-9-10-21(22(17-18)27(29)30)25-11-5-1-2-6-12-25/h3-4,7-10,17H,1-2,5-6,11-16H2,(H,24,28). The average molecular weight is 425 g/mol. The number of amides is 1. The lowest BCUT2D eigenvalue weighted by Crippen LogP contribution is -2.36. The van der Waals surface area contributed by atoms with Gasteiger partial charge in [-0.1, -0.05) is 25.0 Å². The summed E-state index contributed by atoms with van der Waals surface area (Å²) in [6, 6.07) is 12.4. The van der Waals surface area contributed by atoms with Crippen LogP contribution in [0, 0.1) is 10.1 Å². The van der Waals surface area contributed by atoms with E-state index in [4.69, 9.17) is 4.74 Å². The van der Waals surface area contributed by atoms with Gasteiger partial charge in [0.15, 0.2) is 0 Å².